The molecule has 6 heteroatoms. The summed E-state index contributed by atoms with van der Waals surface area (Å²) in [7, 11) is 0. The Morgan fingerprint density at radius 2 is 1.70 bits per heavy atom. The number of rotatable bonds is 9. The molecule has 0 spiro atoms. The van der Waals surface area contributed by atoms with Crippen LogP contribution in [0.1, 0.15) is 48.9 Å². The minimum atomic E-state index is -0.602. The third-order valence-corrected chi connectivity index (χ3v) is 6.00. The van der Waals surface area contributed by atoms with E-state index in [-0.39, 0.29) is 24.8 Å². The van der Waals surface area contributed by atoms with E-state index in [4.69, 9.17) is 23.2 Å². The first kappa shape index (κ1) is 24.2. The van der Waals surface area contributed by atoms with Crippen molar-refractivity contribution < 1.29 is 9.59 Å². The average molecular weight is 449 g/mol. The van der Waals surface area contributed by atoms with Gasteiger partial charge in [0.05, 0.1) is 16.5 Å². The van der Waals surface area contributed by atoms with Crippen LogP contribution in [0, 0.1) is 13.8 Å². The van der Waals surface area contributed by atoms with E-state index >= 15 is 0 Å². The molecule has 0 aromatic heterocycles. The molecule has 0 aliphatic heterocycles. The molecular weight excluding hydrogens is 419 g/mol. The van der Waals surface area contributed by atoms with Gasteiger partial charge in [-0.1, -0.05) is 60.8 Å². The zero-order valence-corrected chi connectivity index (χ0v) is 19.6. The zero-order chi connectivity index (χ0) is 22.3. The molecule has 0 aliphatic carbocycles. The first-order valence-corrected chi connectivity index (χ1v) is 11.1. The summed E-state index contributed by atoms with van der Waals surface area (Å²) < 4.78 is 0. The normalized spacial score (nSPS) is 11.8. The van der Waals surface area contributed by atoms with E-state index in [9.17, 15) is 9.59 Å². The van der Waals surface area contributed by atoms with Gasteiger partial charge in [-0.15, -0.1) is 0 Å². The number of aryl methyl sites for hydroxylation is 2. The van der Waals surface area contributed by atoms with Gasteiger partial charge in [0, 0.05) is 13.1 Å². The lowest BCUT2D eigenvalue weighted by Crippen LogP contribution is -2.48. The highest BCUT2D eigenvalue weighted by Crippen LogP contribution is 2.24. The molecule has 0 saturated carbocycles. The summed E-state index contributed by atoms with van der Waals surface area (Å²) >= 11 is 12.2. The Kier molecular flexibility index (Phi) is 9.19. The van der Waals surface area contributed by atoms with E-state index in [1.807, 2.05) is 38.1 Å². The van der Waals surface area contributed by atoms with Crippen LogP contribution >= 0.6 is 23.2 Å². The molecule has 4 nitrogen and oxygen atoms in total. The molecule has 0 heterocycles. The quantitative estimate of drug-likeness (QED) is 0.515. The SMILES string of the molecule is CCCCNC(=O)C(C)N(Cc1ccc(Cl)c(Cl)c1)C(=O)Cc1ccc(C)c(C)c1. The van der Waals surface area contributed by atoms with Crippen molar-refractivity contribution in [1.82, 2.24) is 10.2 Å². The minimum Gasteiger partial charge on any atom is -0.354 e. The largest absolute Gasteiger partial charge is 0.354 e. The van der Waals surface area contributed by atoms with Crippen LogP contribution < -0.4 is 5.32 Å². The number of amides is 2. The van der Waals surface area contributed by atoms with Crippen molar-refractivity contribution in [2.75, 3.05) is 6.54 Å². The van der Waals surface area contributed by atoms with E-state index in [1.54, 1.807) is 24.0 Å². The monoisotopic (exact) mass is 448 g/mol. The summed E-state index contributed by atoms with van der Waals surface area (Å²) in [6.45, 7) is 8.78. The topological polar surface area (TPSA) is 49.4 Å². The maximum absolute atomic E-state index is 13.2. The number of benzene rings is 2. The van der Waals surface area contributed by atoms with Crippen LogP contribution in [0.2, 0.25) is 10.0 Å². The molecule has 0 radical (unpaired) electrons. The molecule has 2 aromatic rings. The number of halogens is 2. The second-order valence-electron chi connectivity index (χ2n) is 7.69. The van der Waals surface area contributed by atoms with Crippen LogP contribution in [-0.2, 0) is 22.6 Å². The van der Waals surface area contributed by atoms with Crippen molar-refractivity contribution in [3.05, 3.63) is 68.7 Å². The van der Waals surface area contributed by atoms with Gasteiger partial charge in [0.1, 0.15) is 6.04 Å². The molecule has 2 amide bonds. The number of carbonyl (C=O) groups is 2. The van der Waals surface area contributed by atoms with Gasteiger partial charge >= 0.3 is 0 Å². The predicted molar refractivity (Wildman–Crippen MR) is 124 cm³/mol. The number of carbonyl (C=O) groups excluding carboxylic acids is 2. The Labute approximate surface area is 189 Å². The summed E-state index contributed by atoms with van der Waals surface area (Å²) in [6.07, 6.45) is 2.13. The van der Waals surface area contributed by atoms with E-state index in [0.29, 0.717) is 16.6 Å². The number of unbranched alkanes of at least 4 members (excludes halogenated alkanes) is 1. The van der Waals surface area contributed by atoms with Crippen molar-refractivity contribution in [2.24, 2.45) is 0 Å². The molecular formula is C24H30Cl2N2O2. The van der Waals surface area contributed by atoms with E-state index < -0.39 is 6.04 Å². The summed E-state index contributed by atoms with van der Waals surface area (Å²) in [5, 5.41) is 3.81. The average Bonchev–Trinajstić information content (AvgIpc) is 2.71. The van der Waals surface area contributed by atoms with Crippen LogP contribution in [0.4, 0.5) is 0 Å². The molecule has 1 unspecified atom stereocenters. The summed E-state index contributed by atoms with van der Waals surface area (Å²) in [5.41, 5.74) is 4.08. The van der Waals surface area contributed by atoms with Gasteiger partial charge in [0.2, 0.25) is 11.8 Å². The molecule has 1 atom stereocenters. The van der Waals surface area contributed by atoms with Gasteiger partial charge in [-0.25, -0.2) is 0 Å². The van der Waals surface area contributed by atoms with E-state index in [0.717, 1.165) is 29.5 Å². The van der Waals surface area contributed by atoms with Crippen LogP contribution in [0.5, 0.6) is 0 Å². The maximum atomic E-state index is 13.2. The van der Waals surface area contributed by atoms with Gasteiger partial charge in [-0.2, -0.15) is 0 Å². The second-order valence-corrected chi connectivity index (χ2v) is 8.50. The molecule has 0 fully saturated rings. The van der Waals surface area contributed by atoms with Crippen molar-refractivity contribution in [3.63, 3.8) is 0 Å². The fourth-order valence-electron chi connectivity index (χ4n) is 3.14. The Morgan fingerprint density at radius 1 is 1.00 bits per heavy atom. The highest BCUT2D eigenvalue weighted by Gasteiger charge is 2.26. The number of hydrogen-bond donors (Lipinski definition) is 1. The van der Waals surface area contributed by atoms with Gasteiger partial charge in [0.15, 0.2) is 0 Å². The molecule has 2 rings (SSSR count). The lowest BCUT2D eigenvalue weighted by atomic mass is 10.0. The second kappa shape index (κ2) is 11.4. The van der Waals surface area contributed by atoms with E-state index in [2.05, 4.69) is 12.2 Å². The number of nitrogens with one attached hydrogen (secondary N) is 1. The number of nitrogens with zero attached hydrogens (tertiary/aromatic N) is 1. The third kappa shape index (κ3) is 6.75. The van der Waals surface area contributed by atoms with Crippen LogP contribution in [-0.4, -0.2) is 29.3 Å². The first-order valence-electron chi connectivity index (χ1n) is 10.3. The lowest BCUT2D eigenvalue weighted by molar-refractivity contribution is -0.140. The van der Waals surface area contributed by atoms with Crippen molar-refractivity contribution in [1.29, 1.82) is 0 Å². The van der Waals surface area contributed by atoms with Crippen molar-refractivity contribution in [2.45, 2.75) is 59.5 Å². The predicted octanol–water partition coefficient (Wildman–Crippen LogP) is 5.49. The van der Waals surface area contributed by atoms with Crippen LogP contribution in [0.25, 0.3) is 0 Å². The Bertz CT molecular complexity index is 899. The van der Waals surface area contributed by atoms with Gasteiger partial charge in [-0.05, 0) is 61.6 Å². The van der Waals surface area contributed by atoms with Crippen LogP contribution in [0.15, 0.2) is 36.4 Å². The molecule has 0 aliphatic rings. The molecule has 0 saturated heterocycles. The van der Waals surface area contributed by atoms with Gasteiger partial charge in [-0.3, -0.25) is 9.59 Å². The summed E-state index contributed by atoms with van der Waals surface area (Å²) in [4.78, 5) is 27.5. The van der Waals surface area contributed by atoms with Gasteiger partial charge < -0.3 is 10.2 Å². The fraction of sp³-hybridized carbons (Fsp3) is 0.417. The highest BCUT2D eigenvalue weighted by atomic mass is 35.5. The Balaban J connectivity index is 2.23. The highest BCUT2D eigenvalue weighted by molar-refractivity contribution is 6.42. The first-order chi connectivity index (χ1) is 14.2. The molecule has 0 bridgehead atoms. The fourth-order valence-corrected chi connectivity index (χ4v) is 3.46. The lowest BCUT2D eigenvalue weighted by Gasteiger charge is -2.29. The molecule has 1 N–H and O–H groups in total. The summed E-state index contributed by atoms with van der Waals surface area (Å²) in [5.74, 6) is -0.264. The van der Waals surface area contributed by atoms with Gasteiger partial charge in [0.25, 0.3) is 0 Å². The van der Waals surface area contributed by atoms with Crippen LogP contribution in [0.3, 0.4) is 0 Å². The van der Waals surface area contributed by atoms with E-state index in [1.165, 1.54) is 5.56 Å². The Hall–Kier alpha value is -2.04. The maximum Gasteiger partial charge on any atom is 0.242 e. The van der Waals surface area contributed by atoms with Crippen molar-refractivity contribution >= 4 is 35.0 Å². The summed E-state index contributed by atoms with van der Waals surface area (Å²) in [6, 6.07) is 10.7. The number of hydrogen-bond acceptors (Lipinski definition) is 2. The molecule has 162 valence electrons. The zero-order valence-electron chi connectivity index (χ0n) is 18.1. The Morgan fingerprint density at radius 3 is 2.33 bits per heavy atom. The minimum absolute atomic E-state index is 0.109. The standard InChI is InChI=1S/C24H30Cl2N2O2/c1-5-6-11-27-24(30)18(4)28(15-20-9-10-21(25)22(26)13-20)23(29)14-19-8-7-16(2)17(3)12-19/h7-10,12-13,18H,5-6,11,14-15H2,1-4H3,(H,27,30). The third-order valence-electron chi connectivity index (χ3n) is 5.26. The van der Waals surface area contributed by atoms with Crippen molar-refractivity contribution in [3.8, 4) is 0 Å². The molecule has 30 heavy (non-hydrogen) atoms. The molecule has 2 aromatic carbocycles. The smallest absolute Gasteiger partial charge is 0.242 e.